The van der Waals surface area contributed by atoms with Gasteiger partial charge in [-0.25, -0.2) is 8.42 Å². The van der Waals surface area contributed by atoms with Crippen LogP contribution in [-0.2, 0) is 15.3 Å². The zero-order chi connectivity index (χ0) is 13.9. The van der Waals surface area contributed by atoms with Gasteiger partial charge in [0.25, 0.3) is 0 Å². The Kier molecular flexibility index (Phi) is 4.69. The van der Waals surface area contributed by atoms with Gasteiger partial charge in [-0.1, -0.05) is 41.1 Å². The molecular formula is C14H20BrNO2S. The summed E-state index contributed by atoms with van der Waals surface area (Å²) >= 11 is 3.58. The third-order valence-corrected chi connectivity index (χ3v) is 6.33. The monoisotopic (exact) mass is 345 g/mol. The predicted octanol–water partition coefficient (Wildman–Crippen LogP) is 2.51. The van der Waals surface area contributed by atoms with Gasteiger partial charge >= 0.3 is 0 Å². The van der Waals surface area contributed by atoms with E-state index in [2.05, 4.69) is 27.3 Å². The lowest BCUT2D eigenvalue weighted by Crippen LogP contribution is -2.57. The number of nitrogens with one attached hydrogen (secondary N) is 1. The molecule has 1 fully saturated rings. The molecule has 0 aromatic heterocycles. The Bertz CT molecular complexity index is 538. The molecule has 0 atom stereocenters. The Morgan fingerprint density at radius 1 is 1.26 bits per heavy atom. The minimum absolute atomic E-state index is 0.0269. The van der Waals surface area contributed by atoms with Crippen molar-refractivity contribution in [2.75, 3.05) is 24.6 Å². The molecule has 3 nitrogen and oxygen atoms in total. The normalized spacial score (nSPS) is 18.0. The van der Waals surface area contributed by atoms with Crippen LogP contribution in [0.3, 0.4) is 0 Å². The first-order chi connectivity index (χ1) is 8.99. The molecule has 1 heterocycles. The second-order valence-corrected chi connectivity index (χ2v) is 8.42. The molecule has 0 unspecified atom stereocenters. The standard InChI is InChI=1S/C14H20BrNO2S/c1-2-8-19(17,18)9-7-14(10-16-11-14)12-5-3-4-6-13(12)15/h3-6,16H,2,7-11H2,1H3. The highest BCUT2D eigenvalue weighted by Crippen LogP contribution is 2.37. The first kappa shape index (κ1) is 15.0. The molecule has 1 aliphatic rings. The highest BCUT2D eigenvalue weighted by molar-refractivity contribution is 9.10. The van der Waals surface area contributed by atoms with E-state index in [0.717, 1.165) is 17.6 Å². The van der Waals surface area contributed by atoms with Crippen molar-refractivity contribution in [2.24, 2.45) is 0 Å². The number of halogens is 1. The minimum atomic E-state index is -2.90. The molecule has 1 saturated heterocycles. The van der Waals surface area contributed by atoms with Crippen molar-refractivity contribution in [3.63, 3.8) is 0 Å². The highest BCUT2D eigenvalue weighted by Gasteiger charge is 2.40. The average Bonchev–Trinajstić information content (AvgIpc) is 2.29. The Balaban J connectivity index is 2.14. The van der Waals surface area contributed by atoms with Crippen LogP contribution in [0.15, 0.2) is 28.7 Å². The molecule has 5 heteroatoms. The summed E-state index contributed by atoms with van der Waals surface area (Å²) in [4.78, 5) is 0. The quantitative estimate of drug-likeness (QED) is 0.861. The van der Waals surface area contributed by atoms with Crippen LogP contribution in [0.2, 0.25) is 0 Å². The zero-order valence-corrected chi connectivity index (χ0v) is 13.6. The van der Waals surface area contributed by atoms with Crippen molar-refractivity contribution >= 4 is 25.8 Å². The van der Waals surface area contributed by atoms with Crippen LogP contribution in [0.25, 0.3) is 0 Å². The number of rotatable bonds is 6. The van der Waals surface area contributed by atoms with Gasteiger partial charge in [0, 0.05) is 28.7 Å². The lowest BCUT2D eigenvalue weighted by Gasteiger charge is -2.44. The Hall–Kier alpha value is -0.390. The predicted molar refractivity (Wildman–Crippen MR) is 82.3 cm³/mol. The van der Waals surface area contributed by atoms with Gasteiger partial charge < -0.3 is 5.32 Å². The number of hydrogen-bond acceptors (Lipinski definition) is 3. The summed E-state index contributed by atoms with van der Waals surface area (Å²) in [6.45, 7) is 3.63. The van der Waals surface area contributed by atoms with Gasteiger partial charge in [-0.2, -0.15) is 0 Å². The van der Waals surface area contributed by atoms with Crippen LogP contribution in [-0.4, -0.2) is 33.0 Å². The van der Waals surface area contributed by atoms with Crippen molar-refractivity contribution in [2.45, 2.75) is 25.2 Å². The van der Waals surface area contributed by atoms with E-state index in [1.807, 2.05) is 25.1 Å². The fourth-order valence-electron chi connectivity index (χ4n) is 2.58. The summed E-state index contributed by atoms with van der Waals surface area (Å²) in [5.74, 6) is 0.580. The van der Waals surface area contributed by atoms with Crippen LogP contribution in [0.4, 0.5) is 0 Å². The molecule has 0 radical (unpaired) electrons. The molecular weight excluding hydrogens is 326 g/mol. The maximum absolute atomic E-state index is 11.9. The molecule has 0 saturated carbocycles. The van der Waals surface area contributed by atoms with Gasteiger partial charge in [0.1, 0.15) is 9.84 Å². The third-order valence-electron chi connectivity index (χ3n) is 3.78. The number of sulfone groups is 1. The van der Waals surface area contributed by atoms with Crippen molar-refractivity contribution in [1.29, 1.82) is 0 Å². The second-order valence-electron chi connectivity index (χ2n) is 5.27. The minimum Gasteiger partial charge on any atom is -0.315 e. The Morgan fingerprint density at radius 2 is 1.95 bits per heavy atom. The number of hydrogen-bond donors (Lipinski definition) is 1. The van der Waals surface area contributed by atoms with Gasteiger partial charge in [-0.05, 0) is 24.5 Å². The van der Waals surface area contributed by atoms with Crippen LogP contribution < -0.4 is 5.32 Å². The molecule has 0 amide bonds. The van der Waals surface area contributed by atoms with Crippen molar-refractivity contribution in [3.8, 4) is 0 Å². The summed E-state index contributed by atoms with van der Waals surface area (Å²) in [6, 6.07) is 8.12. The molecule has 1 N–H and O–H groups in total. The summed E-state index contributed by atoms with van der Waals surface area (Å²) in [6.07, 6.45) is 1.40. The second kappa shape index (κ2) is 5.94. The van der Waals surface area contributed by atoms with Crippen LogP contribution >= 0.6 is 15.9 Å². The van der Waals surface area contributed by atoms with Crippen molar-refractivity contribution < 1.29 is 8.42 Å². The summed E-state index contributed by atoms with van der Waals surface area (Å²) in [5, 5.41) is 3.28. The maximum Gasteiger partial charge on any atom is 0.150 e. The molecule has 106 valence electrons. The van der Waals surface area contributed by atoms with Crippen molar-refractivity contribution in [3.05, 3.63) is 34.3 Å². The van der Waals surface area contributed by atoms with E-state index in [0.29, 0.717) is 18.6 Å². The van der Waals surface area contributed by atoms with E-state index >= 15 is 0 Å². The molecule has 0 spiro atoms. The smallest absolute Gasteiger partial charge is 0.150 e. The van der Waals surface area contributed by atoms with Crippen LogP contribution in [0.1, 0.15) is 25.3 Å². The summed E-state index contributed by atoms with van der Waals surface area (Å²) < 4.78 is 24.9. The van der Waals surface area contributed by atoms with Gasteiger partial charge in [0.2, 0.25) is 0 Å². The first-order valence-corrected chi connectivity index (χ1v) is 9.27. The van der Waals surface area contributed by atoms with E-state index in [-0.39, 0.29) is 11.2 Å². The molecule has 1 aromatic carbocycles. The van der Waals surface area contributed by atoms with E-state index in [1.165, 1.54) is 5.56 Å². The highest BCUT2D eigenvalue weighted by atomic mass is 79.9. The van der Waals surface area contributed by atoms with Gasteiger partial charge in [0.05, 0.1) is 5.75 Å². The van der Waals surface area contributed by atoms with Crippen molar-refractivity contribution in [1.82, 2.24) is 5.32 Å². The largest absolute Gasteiger partial charge is 0.315 e. The first-order valence-electron chi connectivity index (χ1n) is 6.65. The molecule has 0 bridgehead atoms. The van der Waals surface area contributed by atoms with E-state index in [1.54, 1.807) is 0 Å². The molecule has 1 aromatic rings. The molecule has 0 aliphatic carbocycles. The maximum atomic E-state index is 11.9. The Morgan fingerprint density at radius 3 is 2.47 bits per heavy atom. The molecule has 1 aliphatic heterocycles. The molecule has 19 heavy (non-hydrogen) atoms. The number of benzene rings is 1. The van der Waals surface area contributed by atoms with E-state index in [4.69, 9.17) is 0 Å². The van der Waals surface area contributed by atoms with Crippen LogP contribution in [0, 0.1) is 0 Å². The van der Waals surface area contributed by atoms with Gasteiger partial charge in [0.15, 0.2) is 0 Å². The lowest BCUT2D eigenvalue weighted by atomic mass is 9.73. The van der Waals surface area contributed by atoms with E-state index < -0.39 is 9.84 Å². The third kappa shape index (κ3) is 3.38. The Labute approximate surface area is 123 Å². The summed E-state index contributed by atoms with van der Waals surface area (Å²) in [5.41, 5.74) is 1.20. The van der Waals surface area contributed by atoms with E-state index in [9.17, 15) is 8.42 Å². The van der Waals surface area contributed by atoms with Crippen LogP contribution in [0.5, 0.6) is 0 Å². The lowest BCUT2D eigenvalue weighted by molar-refractivity contribution is 0.267. The fraction of sp³-hybridized carbons (Fsp3) is 0.571. The molecule has 2 rings (SSSR count). The van der Waals surface area contributed by atoms with Gasteiger partial charge in [-0.15, -0.1) is 0 Å². The SMILES string of the molecule is CCCS(=O)(=O)CCC1(c2ccccc2Br)CNC1. The fourth-order valence-corrected chi connectivity index (χ4v) is 4.82. The summed E-state index contributed by atoms with van der Waals surface area (Å²) in [7, 11) is -2.90. The topological polar surface area (TPSA) is 46.2 Å². The zero-order valence-electron chi connectivity index (χ0n) is 11.2. The average molecular weight is 346 g/mol. The van der Waals surface area contributed by atoms with Gasteiger partial charge in [-0.3, -0.25) is 0 Å².